The van der Waals surface area contributed by atoms with Gasteiger partial charge in [-0.3, -0.25) is 37.3 Å². The Labute approximate surface area is 632 Å². The zero-order valence-electron chi connectivity index (χ0n) is 67.6. The van der Waals surface area contributed by atoms with E-state index in [-0.39, 0.29) is 25.7 Å². The highest BCUT2D eigenvalue weighted by Crippen LogP contribution is 2.45. The van der Waals surface area contributed by atoms with E-state index in [2.05, 4.69) is 41.5 Å². The number of aliphatic hydroxyl groups excluding tert-OH is 1. The molecule has 0 amide bonds. The number of rotatable bonds is 83. The number of carbonyl (C=O) groups excluding carboxylic acids is 4. The second-order valence-electron chi connectivity index (χ2n) is 31.2. The number of hydrogen-bond acceptors (Lipinski definition) is 15. The van der Waals surface area contributed by atoms with Crippen molar-refractivity contribution < 1.29 is 80.2 Å². The molecule has 3 N–H and O–H groups in total. The molecule has 0 saturated heterocycles. The number of phosphoric ester groups is 2. The van der Waals surface area contributed by atoms with Crippen molar-refractivity contribution in [3.05, 3.63) is 0 Å². The standard InChI is InChI=1S/C84H164O17P2/c1-7-9-11-13-15-17-19-21-23-26-31-34-38-42-48-54-60-66-81(86)94-72-79(100-83(88)69-63-57-50-44-40-36-32-28-25-24-27-30-33-37-41-46-52-58-64-76(3)4)74-98-102(90,91)96-70-78(85)71-97-103(92,93)99-75-80(73-95-82(87)67-61-55-51-45-47-53-59-65-77(5)6)101-84(89)68-62-56-49-43-39-35-29-22-20-18-16-14-12-10-8-2/h76-80,85H,7-75H2,1-6H3,(H,90,91)(H,92,93)/t78-,79-,80-/m1/s1. The van der Waals surface area contributed by atoms with E-state index in [0.717, 1.165) is 102 Å². The van der Waals surface area contributed by atoms with Crippen LogP contribution in [0, 0.1) is 11.8 Å². The Balaban J connectivity index is 5.22. The molecular weight excluding hydrogens is 1340 g/mol. The SMILES string of the molecule is CCCCCCCCCCCCCCCCCCCC(=O)OC[C@H](COP(=O)(O)OC[C@@H](O)COP(=O)(O)OC[C@@H](COC(=O)CCCCCCCCCC(C)C)OC(=O)CCCCCCCCCCCCCCCCC)OC(=O)CCCCCCCCCCCCCCCCCCCCC(C)C. The van der Waals surface area contributed by atoms with E-state index in [1.165, 1.54) is 257 Å². The van der Waals surface area contributed by atoms with Crippen molar-refractivity contribution in [3.63, 3.8) is 0 Å². The molecule has 2 unspecified atom stereocenters. The Kier molecular flexibility index (Phi) is 74.1. The van der Waals surface area contributed by atoms with E-state index in [1.54, 1.807) is 0 Å². The first-order valence-corrected chi connectivity index (χ1v) is 46.5. The van der Waals surface area contributed by atoms with Crippen LogP contribution in [-0.2, 0) is 65.4 Å². The summed E-state index contributed by atoms with van der Waals surface area (Å²) in [5.41, 5.74) is 0. The number of hydrogen-bond donors (Lipinski definition) is 3. The van der Waals surface area contributed by atoms with Gasteiger partial charge in [-0.15, -0.1) is 0 Å². The lowest BCUT2D eigenvalue weighted by Crippen LogP contribution is -2.30. The third-order valence-electron chi connectivity index (χ3n) is 19.7. The van der Waals surface area contributed by atoms with Crippen LogP contribution >= 0.6 is 15.6 Å². The van der Waals surface area contributed by atoms with Crippen LogP contribution in [0.5, 0.6) is 0 Å². The van der Waals surface area contributed by atoms with Crippen molar-refractivity contribution in [2.45, 2.75) is 464 Å². The molecule has 612 valence electrons. The molecule has 0 heterocycles. The first kappa shape index (κ1) is 101. The van der Waals surface area contributed by atoms with Crippen molar-refractivity contribution >= 4 is 39.5 Å². The molecule has 0 bridgehead atoms. The summed E-state index contributed by atoms with van der Waals surface area (Å²) in [5, 5.41) is 10.7. The van der Waals surface area contributed by atoms with E-state index in [4.69, 9.17) is 37.0 Å². The topological polar surface area (TPSA) is 237 Å². The molecule has 0 aliphatic carbocycles. The molecule has 0 aliphatic heterocycles. The minimum atomic E-state index is -4.96. The van der Waals surface area contributed by atoms with Crippen molar-refractivity contribution in [1.29, 1.82) is 0 Å². The molecular formula is C84H164O17P2. The predicted octanol–water partition coefficient (Wildman–Crippen LogP) is 25.5. The maximum atomic E-state index is 13.1. The van der Waals surface area contributed by atoms with Crippen LogP contribution in [-0.4, -0.2) is 96.7 Å². The zero-order valence-corrected chi connectivity index (χ0v) is 69.4. The maximum absolute atomic E-state index is 13.1. The van der Waals surface area contributed by atoms with Crippen LogP contribution in [0.1, 0.15) is 446 Å². The number of carbonyl (C=O) groups is 4. The molecule has 19 heteroatoms. The van der Waals surface area contributed by atoms with Crippen LogP contribution in [0.4, 0.5) is 0 Å². The summed E-state index contributed by atoms with van der Waals surface area (Å²) >= 11 is 0. The van der Waals surface area contributed by atoms with Crippen LogP contribution < -0.4 is 0 Å². The number of unbranched alkanes of at least 4 members (excludes halogenated alkanes) is 53. The van der Waals surface area contributed by atoms with Gasteiger partial charge in [-0.1, -0.05) is 395 Å². The van der Waals surface area contributed by atoms with Crippen LogP contribution in [0.3, 0.4) is 0 Å². The molecule has 0 aliphatic rings. The summed E-state index contributed by atoms with van der Waals surface area (Å²) in [6.07, 6.45) is 66.7. The fourth-order valence-corrected chi connectivity index (χ4v) is 14.6. The van der Waals surface area contributed by atoms with Crippen molar-refractivity contribution in [3.8, 4) is 0 Å². The summed E-state index contributed by atoms with van der Waals surface area (Å²) in [6, 6.07) is 0. The summed E-state index contributed by atoms with van der Waals surface area (Å²) in [6.45, 7) is 9.64. The summed E-state index contributed by atoms with van der Waals surface area (Å²) in [4.78, 5) is 73.1. The molecule has 0 aromatic heterocycles. The first-order valence-electron chi connectivity index (χ1n) is 43.5. The fourth-order valence-electron chi connectivity index (χ4n) is 13.1. The van der Waals surface area contributed by atoms with Gasteiger partial charge in [-0.05, 0) is 37.5 Å². The predicted molar refractivity (Wildman–Crippen MR) is 423 cm³/mol. The molecule has 0 radical (unpaired) electrons. The molecule has 0 saturated carbocycles. The van der Waals surface area contributed by atoms with Crippen LogP contribution in [0.25, 0.3) is 0 Å². The van der Waals surface area contributed by atoms with Gasteiger partial charge in [0.15, 0.2) is 12.2 Å². The van der Waals surface area contributed by atoms with E-state index >= 15 is 0 Å². The molecule has 0 rings (SSSR count). The summed E-state index contributed by atoms with van der Waals surface area (Å²) < 4.78 is 68.8. The Morgan fingerprint density at radius 2 is 0.447 bits per heavy atom. The van der Waals surface area contributed by atoms with Crippen LogP contribution in [0.2, 0.25) is 0 Å². The third kappa shape index (κ3) is 78.0. The van der Waals surface area contributed by atoms with Crippen molar-refractivity contribution in [1.82, 2.24) is 0 Å². The molecule has 0 spiro atoms. The molecule has 0 fully saturated rings. The molecule has 5 atom stereocenters. The average molecular weight is 1510 g/mol. The second-order valence-corrected chi connectivity index (χ2v) is 34.1. The Morgan fingerprint density at radius 1 is 0.262 bits per heavy atom. The third-order valence-corrected chi connectivity index (χ3v) is 21.6. The van der Waals surface area contributed by atoms with E-state index in [1.807, 2.05) is 0 Å². The number of esters is 4. The van der Waals surface area contributed by atoms with Gasteiger partial charge in [0.25, 0.3) is 0 Å². The van der Waals surface area contributed by atoms with Gasteiger partial charge in [-0.2, -0.15) is 0 Å². The highest BCUT2D eigenvalue weighted by Gasteiger charge is 2.30. The van der Waals surface area contributed by atoms with Gasteiger partial charge in [0.1, 0.15) is 19.3 Å². The molecule has 0 aromatic carbocycles. The van der Waals surface area contributed by atoms with Gasteiger partial charge in [0.2, 0.25) is 0 Å². The van der Waals surface area contributed by atoms with Crippen LogP contribution in [0.15, 0.2) is 0 Å². The maximum Gasteiger partial charge on any atom is 0.472 e. The minimum Gasteiger partial charge on any atom is -0.462 e. The molecule has 17 nitrogen and oxygen atoms in total. The lowest BCUT2D eigenvalue weighted by molar-refractivity contribution is -0.161. The number of phosphoric acid groups is 2. The van der Waals surface area contributed by atoms with Crippen molar-refractivity contribution in [2.75, 3.05) is 39.6 Å². The summed E-state index contributed by atoms with van der Waals surface area (Å²) in [7, 11) is -9.92. The second kappa shape index (κ2) is 75.5. The van der Waals surface area contributed by atoms with Gasteiger partial charge in [-0.25, -0.2) is 9.13 Å². The Morgan fingerprint density at radius 3 is 0.660 bits per heavy atom. The quantitative estimate of drug-likeness (QED) is 0.0222. The first-order chi connectivity index (χ1) is 49.9. The van der Waals surface area contributed by atoms with E-state index in [0.29, 0.717) is 31.6 Å². The molecule has 0 aromatic rings. The van der Waals surface area contributed by atoms with Gasteiger partial charge in [0.05, 0.1) is 26.4 Å². The highest BCUT2D eigenvalue weighted by atomic mass is 31.2. The lowest BCUT2D eigenvalue weighted by atomic mass is 10.0. The summed E-state index contributed by atoms with van der Waals surface area (Å²) in [5.74, 6) is -0.579. The van der Waals surface area contributed by atoms with E-state index < -0.39 is 97.5 Å². The zero-order chi connectivity index (χ0) is 75.6. The van der Waals surface area contributed by atoms with Crippen molar-refractivity contribution in [2.24, 2.45) is 11.8 Å². The fraction of sp³-hybridized carbons (Fsp3) is 0.952. The Bertz CT molecular complexity index is 1980. The number of ether oxygens (including phenoxy) is 4. The average Bonchev–Trinajstić information content (AvgIpc) is 0.925. The number of aliphatic hydroxyl groups is 1. The Hall–Kier alpha value is -1.94. The minimum absolute atomic E-state index is 0.108. The smallest absolute Gasteiger partial charge is 0.462 e. The van der Waals surface area contributed by atoms with Gasteiger partial charge in [0, 0.05) is 25.7 Å². The normalized spacial score (nSPS) is 13.9. The van der Waals surface area contributed by atoms with E-state index in [9.17, 15) is 43.2 Å². The highest BCUT2D eigenvalue weighted by molar-refractivity contribution is 7.47. The monoisotopic (exact) mass is 1510 g/mol. The molecule has 103 heavy (non-hydrogen) atoms. The van der Waals surface area contributed by atoms with Gasteiger partial charge >= 0.3 is 39.5 Å². The lowest BCUT2D eigenvalue weighted by Gasteiger charge is -2.21. The largest absolute Gasteiger partial charge is 0.472 e. The van der Waals surface area contributed by atoms with Gasteiger partial charge < -0.3 is 33.8 Å².